The molecule has 12 nitrogen and oxygen atoms in total. The van der Waals surface area contributed by atoms with Crippen LogP contribution in [0, 0.1) is 13.8 Å². The number of piperazine rings is 1. The maximum Gasteiger partial charge on any atom is 0.246 e. The highest BCUT2D eigenvalue weighted by molar-refractivity contribution is 5.92. The smallest absolute Gasteiger partial charge is 0.246 e. The van der Waals surface area contributed by atoms with Gasteiger partial charge in [-0.05, 0) is 54.7 Å². The van der Waals surface area contributed by atoms with E-state index < -0.39 is 12.1 Å². The molecule has 6 rings (SSSR count). The van der Waals surface area contributed by atoms with Crippen molar-refractivity contribution in [1.29, 1.82) is 0 Å². The monoisotopic (exact) mass is 609 g/mol. The fourth-order valence-corrected chi connectivity index (χ4v) is 6.23. The van der Waals surface area contributed by atoms with Crippen LogP contribution in [0.25, 0.3) is 5.69 Å². The van der Waals surface area contributed by atoms with Gasteiger partial charge in [-0.25, -0.2) is 4.68 Å². The lowest BCUT2D eigenvalue weighted by atomic mass is 10.00. The van der Waals surface area contributed by atoms with Gasteiger partial charge >= 0.3 is 0 Å². The summed E-state index contributed by atoms with van der Waals surface area (Å²) in [6, 6.07) is 14.3. The Morgan fingerprint density at radius 3 is 2.64 bits per heavy atom. The minimum atomic E-state index is -0.796. The molecule has 2 atom stereocenters. The molecule has 2 aliphatic rings. The molecular weight excluding hydrogens is 570 g/mol. The first kappa shape index (κ1) is 30.2. The number of nitrogens with zero attached hydrogens (tertiary/aromatic N) is 7. The first-order valence-electron chi connectivity index (χ1n) is 15.5. The van der Waals surface area contributed by atoms with Crippen molar-refractivity contribution in [1.82, 2.24) is 45.2 Å². The zero-order chi connectivity index (χ0) is 31.3. The van der Waals surface area contributed by atoms with E-state index in [9.17, 15) is 14.4 Å². The van der Waals surface area contributed by atoms with E-state index in [-0.39, 0.29) is 30.7 Å². The highest BCUT2D eigenvalue weighted by atomic mass is 16.2. The predicted octanol–water partition coefficient (Wildman–Crippen LogP) is 1.93. The van der Waals surface area contributed by atoms with Gasteiger partial charge < -0.3 is 15.5 Å². The Morgan fingerprint density at radius 1 is 1.00 bits per heavy atom. The number of carbonyl (C=O) groups excluding carboxylic acids is 3. The van der Waals surface area contributed by atoms with Crippen LogP contribution in [-0.4, -0.2) is 84.0 Å². The van der Waals surface area contributed by atoms with E-state index in [1.807, 2.05) is 47.3 Å². The number of fused-ring (bicyclic) bond motifs is 3. The molecule has 12 heteroatoms. The summed E-state index contributed by atoms with van der Waals surface area (Å²) in [5, 5.41) is 18.8. The van der Waals surface area contributed by atoms with Gasteiger partial charge in [0.15, 0.2) is 0 Å². The van der Waals surface area contributed by atoms with Crippen molar-refractivity contribution in [2.24, 2.45) is 0 Å². The Bertz CT molecular complexity index is 1650. The van der Waals surface area contributed by atoms with Crippen molar-refractivity contribution < 1.29 is 14.4 Å². The van der Waals surface area contributed by atoms with Gasteiger partial charge in [0.05, 0.1) is 18.4 Å². The number of hydrogen-bond acceptors (Lipinski definition) is 7. The van der Waals surface area contributed by atoms with Crippen LogP contribution in [0.4, 0.5) is 0 Å². The molecule has 3 amide bonds. The Morgan fingerprint density at radius 2 is 1.84 bits per heavy atom. The van der Waals surface area contributed by atoms with Crippen LogP contribution in [0.2, 0.25) is 0 Å². The Labute approximate surface area is 262 Å². The van der Waals surface area contributed by atoms with Crippen molar-refractivity contribution in [2.45, 2.75) is 64.8 Å². The van der Waals surface area contributed by atoms with Crippen molar-refractivity contribution in [3.63, 3.8) is 0 Å². The third kappa shape index (κ3) is 7.12. The zero-order valence-electron chi connectivity index (χ0n) is 25.7. The first-order valence-corrected chi connectivity index (χ1v) is 15.5. The van der Waals surface area contributed by atoms with E-state index in [0.717, 1.165) is 27.9 Å². The predicted molar refractivity (Wildman–Crippen MR) is 167 cm³/mol. The van der Waals surface area contributed by atoms with Crippen LogP contribution in [0.1, 0.15) is 40.8 Å². The number of nitrogens with one attached hydrogen (secondary N) is 2. The molecule has 4 heterocycles. The average molecular weight is 610 g/mol. The number of rotatable bonds is 5. The summed E-state index contributed by atoms with van der Waals surface area (Å²) >= 11 is 0. The second-order valence-corrected chi connectivity index (χ2v) is 11.9. The molecule has 0 saturated carbocycles. The van der Waals surface area contributed by atoms with Gasteiger partial charge in [-0.2, -0.15) is 5.10 Å². The van der Waals surface area contributed by atoms with Gasteiger partial charge in [-0.1, -0.05) is 41.6 Å². The number of carbonyl (C=O) groups is 3. The summed E-state index contributed by atoms with van der Waals surface area (Å²) in [5.41, 5.74) is 5.95. The van der Waals surface area contributed by atoms with Gasteiger partial charge in [0.2, 0.25) is 17.7 Å². The summed E-state index contributed by atoms with van der Waals surface area (Å²) in [5.74, 6) is -0.731. The third-order valence-corrected chi connectivity index (χ3v) is 8.51. The van der Waals surface area contributed by atoms with E-state index in [1.165, 1.54) is 0 Å². The summed E-state index contributed by atoms with van der Waals surface area (Å²) in [7, 11) is 0. The first-order chi connectivity index (χ1) is 21.8. The molecule has 4 aromatic rings. The number of aromatic nitrogens is 5. The molecule has 2 aromatic carbocycles. The third-order valence-electron chi connectivity index (χ3n) is 8.51. The van der Waals surface area contributed by atoms with Crippen LogP contribution < -0.4 is 10.6 Å². The standard InChI is InChI=1S/C33H39N9O3/c1-23-16-24(2)27(29(17-23)42-13-7-11-35-42)21-39-14-15-41-30(22-39)32(44)34-19-26-20-40(38-37-26)12-6-10-31(43)36-28(33(41)45)18-25-8-4-3-5-9-25/h3-5,7-9,11,13,16-17,20,28,30H,6,10,12,14-15,18-19,21-22H2,1-2H3,(H,34,44)(H,36,43)/t28-,30+/m0/s1. The fraction of sp³-hybridized carbons (Fsp3) is 0.394. The highest BCUT2D eigenvalue weighted by Crippen LogP contribution is 2.24. The van der Waals surface area contributed by atoms with Crippen LogP contribution >= 0.6 is 0 Å². The summed E-state index contributed by atoms with van der Waals surface area (Å²) in [6.07, 6.45) is 6.60. The van der Waals surface area contributed by atoms with Gasteiger partial charge in [-0.15, -0.1) is 5.10 Å². The van der Waals surface area contributed by atoms with E-state index in [2.05, 4.69) is 56.9 Å². The highest BCUT2D eigenvalue weighted by Gasteiger charge is 2.39. The van der Waals surface area contributed by atoms with Gasteiger partial charge in [0.1, 0.15) is 17.8 Å². The van der Waals surface area contributed by atoms with Crippen LogP contribution in [0.3, 0.4) is 0 Å². The van der Waals surface area contributed by atoms with Crippen molar-refractivity contribution in [3.8, 4) is 5.69 Å². The molecule has 0 spiro atoms. The quantitative estimate of drug-likeness (QED) is 0.354. The molecule has 0 aliphatic carbocycles. The molecule has 1 fully saturated rings. The lowest BCUT2D eigenvalue weighted by molar-refractivity contribution is -0.146. The fourth-order valence-electron chi connectivity index (χ4n) is 6.23. The molecule has 2 bridgehead atoms. The maximum atomic E-state index is 14.3. The number of hydrogen-bond donors (Lipinski definition) is 2. The Kier molecular flexibility index (Phi) is 9.01. The van der Waals surface area contributed by atoms with Gasteiger partial charge in [0, 0.05) is 58.0 Å². The molecule has 1 saturated heterocycles. The second-order valence-electron chi connectivity index (χ2n) is 11.9. The van der Waals surface area contributed by atoms with Crippen LogP contribution in [0.5, 0.6) is 0 Å². The van der Waals surface area contributed by atoms with Crippen molar-refractivity contribution >= 4 is 17.7 Å². The summed E-state index contributed by atoms with van der Waals surface area (Å²) < 4.78 is 3.55. The molecule has 0 unspecified atom stereocenters. The number of amides is 3. The maximum absolute atomic E-state index is 14.3. The minimum Gasteiger partial charge on any atom is -0.348 e. The normalized spacial score (nSPS) is 20.1. The molecule has 2 aliphatic heterocycles. The molecular formula is C33H39N9O3. The number of aryl methyl sites for hydroxylation is 3. The minimum absolute atomic E-state index is 0.197. The van der Waals surface area contributed by atoms with Crippen LogP contribution in [-0.2, 0) is 40.4 Å². The zero-order valence-corrected chi connectivity index (χ0v) is 25.7. The van der Waals surface area contributed by atoms with E-state index >= 15 is 0 Å². The molecule has 45 heavy (non-hydrogen) atoms. The van der Waals surface area contributed by atoms with Crippen molar-refractivity contribution in [2.75, 3.05) is 19.6 Å². The molecule has 0 radical (unpaired) electrons. The Hall–Kier alpha value is -4.84. The largest absolute Gasteiger partial charge is 0.348 e. The molecule has 2 aromatic heterocycles. The van der Waals surface area contributed by atoms with E-state index in [1.54, 1.807) is 22.0 Å². The second kappa shape index (κ2) is 13.4. The van der Waals surface area contributed by atoms with E-state index in [4.69, 9.17) is 0 Å². The lowest BCUT2D eigenvalue weighted by Gasteiger charge is -2.42. The van der Waals surface area contributed by atoms with Gasteiger partial charge in [0.25, 0.3) is 0 Å². The number of benzene rings is 2. The summed E-state index contributed by atoms with van der Waals surface area (Å²) in [4.78, 5) is 45.0. The lowest BCUT2D eigenvalue weighted by Crippen LogP contribution is -2.63. The SMILES string of the molecule is Cc1cc(C)c(CN2CCN3C(=O)[C@H](Cc4ccccc4)NC(=O)CCCn4cc(nn4)CNC(=O)[C@H]3C2)c(-n2cccn2)c1. The van der Waals surface area contributed by atoms with Crippen molar-refractivity contribution in [3.05, 3.63) is 95.1 Å². The molecule has 2 N–H and O–H groups in total. The Balaban J connectivity index is 1.29. The topological polar surface area (TPSA) is 130 Å². The summed E-state index contributed by atoms with van der Waals surface area (Å²) in [6.45, 7) is 6.71. The van der Waals surface area contributed by atoms with Crippen LogP contribution in [0.15, 0.2) is 67.1 Å². The molecule has 234 valence electrons. The van der Waals surface area contributed by atoms with E-state index in [0.29, 0.717) is 51.3 Å². The average Bonchev–Trinajstić information content (AvgIpc) is 3.73. The van der Waals surface area contributed by atoms with Gasteiger partial charge in [-0.3, -0.25) is 24.0 Å².